The SMILES string of the molecule is COc1ccc(CNC(=O)c2cc(C(=O)NC3CCCC3)ccn2)cc1. The van der Waals surface area contributed by atoms with E-state index in [0.717, 1.165) is 37.0 Å². The van der Waals surface area contributed by atoms with Crippen molar-refractivity contribution >= 4 is 11.8 Å². The van der Waals surface area contributed by atoms with Gasteiger partial charge in [0.1, 0.15) is 11.4 Å². The first kappa shape index (κ1) is 17.9. The van der Waals surface area contributed by atoms with Gasteiger partial charge in [0.2, 0.25) is 0 Å². The summed E-state index contributed by atoms with van der Waals surface area (Å²) in [5.41, 5.74) is 1.65. The summed E-state index contributed by atoms with van der Waals surface area (Å²) in [6.07, 6.45) is 5.84. The van der Waals surface area contributed by atoms with Gasteiger partial charge in [-0.2, -0.15) is 0 Å². The number of ether oxygens (including phenoxy) is 1. The molecule has 136 valence electrons. The largest absolute Gasteiger partial charge is 0.497 e. The molecule has 0 unspecified atom stereocenters. The van der Waals surface area contributed by atoms with Crippen LogP contribution in [0.2, 0.25) is 0 Å². The second-order valence-electron chi connectivity index (χ2n) is 6.42. The molecule has 26 heavy (non-hydrogen) atoms. The Bertz CT molecular complexity index is 768. The first-order valence-corrected chi connectivity index (χ1v) is 8.84. The van der Waals surface area contributed by atoms with Gasteiger partial charge in [-0.3, -0.25) is 14.6 Å². The van der Waals surface area contributed by atoms with E-state index in [4.69, 9.17) is 4.74 Å². The van der Waals surface area contributed by atoms with E-state index < -0.39 is 0 Å². The molecule has 0 bridgehead atoms. The Morgan fingerprint density at radius 3 is 2.54 bits per heavy atom. The van der Waals surface area contributed by atoms with Crippen LogP contribution in [0.4, 0.5) is 0 Å². The van der Waals surface area contributed by atoms with Crippen LogP contribution < -0.4 is 15.4 Å². The van der Waals surface area contributed by atoms with Crippen molar-refractivity contribution in [3.05, 3.63) is 59.4 Å². The maximum absolute atomic E-state index is 12.3. The highest BCUT2D eigenvalue weighted by atomic mass is 16.5. The van der Waals surface area contributed by atoms with Crippen molar-refractivity contribution in [2.45, 2.75) is 38.3 Å². The molecule has 6 nitrogen and oxygen atoms in total. The molecule has 1 saturated carbocycles. The first-order chi connectivity index (χ1) is 12.7. The molecule has 3 rings (SSSR count). The summed E-state index contributed by atoms with van der Waals surface area (Å²) >= 11 is 0. The molecule has 1 heterocycles. The van der Waals surface area contributed by atoms with Gasteiger partial charge < -0.3 is 15.4 Å². The zero-order valence-corrected chi connectivity index (χ0v) is 14.8. The van der Waals surface area contributed by atoms with Gasteiger partial charge in [-0.15, -0.1) is 0 Å². The smallest absolute Gasteiger partial charge is 0.270 e. The Morgan fingerprint density at radius 1 is 1.12 bits per heavy atom. The third kappa shape index (κ3) is 4.59. The Balaban J connectivity index is 1.59. The number of hydrogen-bond acceptors (Lipinski definition) is 4. The fourth-order valence-electron chi connectivity index (χ4n) is 3.05. The zero-order valence-electron chi connectivity index (χ0n) is 14.8. The van der Waals surface area contributed by atoms with Crippen LogP contribution >= 0.6 is 0 Å². The van der Waals surface area contributed by atoms with Gasteiger partial charge in [-0.05, 0) is 42.7 Å². The maximum atomic E-state index is 12.3. The molecule has 0 saturated heterocycles. The summed E-state index contributed by atoms with van der Waals surface area (Å²) in [4.78, 5) is 28.7. The topological polar surface area (TPSA) is 80.3 Å². The highest BCUT2D eigenvalue weighted by Crippen LogP contribution is 2.18. The number of rotatable bonds is 6. The van der Waals surface area contributed by atoms with Crippen LogP contribution in [0.5, 0.6) is 5.75 Å². The standard InChI is InChI=1S/C20H23N3O3/c1-26-17-8-6-14(7-9-17)13-22-20(25)18-12-15(10-11-21-18)19(24)23-16-4-2-3-5-16/h6-12,16H,2-5,13H2,1H3,(H,22,25)(H,23,24). The van der Waals surface area contributed by atoms with E-state index in [1.807, 2.05) is 24.3 Å². The van der Waals surface area contributed by atoms with E-state index in [2.05, 4.69) is 15.6 Å². The van der Waals surface area contributed by atoms with E-state index in [1.165, 1.54) is 12.3 Å². The van der Waals surface area contributed by atoms with Gasteiger partial charge in [-0.1, -0.05) is 25.0 Å². The summed E-state index contributed by atoms with van der Waals surface area (Å²) in [6, 6.07) is 10.9. The van der Waals surface area contributed by atoms with Gasteiger partial charge in [0.05, 0.1) is 7.11 Å². The molecule has 6 heteroatoms. The van der Waals surface area contributed by atoms with E-state index >= 15 is 0 Å². The second-order valence-corrected chi connectivity index (χ2v) is 6.42. The quantitative estimate of drug-likeness (QED) is 0.837. The van der Waals surface area contributed by atoms with E-state index in [0.29, 0.717) is 12.1 Å². The average molecular weight is 353 g/mol. The van der Waals surface area contributed by atoms with E-state index in [9.17, 15) is 9.59 Å². The average Bonchev–Trinajstić information content (AvgIpc) is 3.19. The summed E-state index contributed by atoms with van der Waals surface area (Å²) in [7, 11) is 1.61. The fourth-order valence-corrected chi connectivity index (χ4v) is 3.05. The zero-order chi connectivity index (χ0) is 18.4. The minimum atomic E-state index is -0.309. The van der Waals surface area contributed by atoms with E-state index in [1.54, 1.807) is 13.2 Å². The number of pyridine rings is 1. The third-order valence-electron chi connectivity index (χ3n) is 4.56. The maximum Gasteiger partial charge on any atom is 0.270 e. The number of benzene rings is 1. The number of carbonyl (C=O) groups excluding carboxylic acids is 2. The number of nitrogens with zero attached hydrogens (tertiary/aromatic N) is 1. The number of carbonyl (C=O) groups is 2. The van der Waals surface area contributed by atoms with Crippen molar-refractivity contribution in [1.29, 1.82) is 0 Å². The van der Waals surface area contributed by atoms with Crippen LogP contribution in [0.25, 0.3) is 0 Å². The lowest BCUT2D eigenvalue weighted by atomic mass is 10.1. The van der Waals surface area contributed by atoms with Crippen LogP contribution in [0.15, 0.2) is 42.6 Å². The second kappa shape index (κ2) is 8.47. The monoisotopic (exact) mass is 353 g/mol. The molecule has 0 radical (unpaired) electrons. The molecule has 1 aromatic carbocycles. The number of amides is 2. The van der Waals surface area contributed by atoms with Gasteiger partial charge in [0.15, 0.2) is 0 Å². The van der Waals surface area contributed by atoms with E-state index in [-0.39, 0.29) is 23.6 Å². The Kier molecular flexibility index (Phi) is 5.84. The Morgan fingerprint density at radius 2 is 1.85 bits per heavy atom. The van der Waals surface area contributed by atoms with Crippen LogP contribution in [0.1, 0.15) is 52.1 Å². The van der Waals surface area contributed by atoms with Crippen molar-refractivity contribution in [2.24, 2.45) is 0 Å². The van der Waals surface area contributed by atoms with Crippen molar-refractivity contribution in [3.8, 4) is 5.75 Å². The molecular weight excluding hydrogens is 330 g/mol. The molecule has 1 aromatic heterocycles. The van der Waals surface area contributed by atoms with Gasteiger partial charge in [-0.25, -0.2) is 0 Å². The van der Waals surface area contributed by atoms with Crippen molar-refractivity contribution < 1.29 is 14.3 Å². The Labute approximate surface area is 153 Å². The lowest BCUT2D eigenvalue weighted by Crippen LogP contribution is -2.33. The van der Waals surface area contributed by atoms with Crippen molar-refractivity contribution in [1.82, 2.24) is 15.6 Å². The van der Waals surface area contributed by atoms with Crippen molar-refractivity contribution in [2.75, 3.05) is 7.11 Å². The fraction of sp³-hybridized carbons (Fsp3) is 0.350. The molecule has 0 atom stereocenters. The summed E-state index contributed by atoms with van der Waals surface area (Å²) in [6.45, 7) is 0.378. The molecule has 1 aliphatic rings. The lowest BCUT2D eigenvalue weighted by molar-refractivity contribution is 0.0937. The molecule has 0 spiro atoms. The highest BCUT2D eigenvalue weighted by molar-refractivity contribution is 5.98. The van der Waals surface area contributed by atoms with Crippen LogP contribution in [-0.4, -0.2) is 29.9 Å². The predicted molar refractivity (Wildman–Crippen MR) is 98.1 cm³/mol. The molecule has 1 aliphatic carbocycles. The number of aromatic nitrogens is 1. The first-order valence-electron chi connectivity index (χ1n) is 8.84. The van der Waals surface area contributed by atoms with Gasteiger partial charge in [0.25, 0.3) is 11.8 Å². The molecule has 2 aromatic rings. The minimum absolute atomic E-state index is 0.150. The summed E-state index contributed by atoms with van der Waals surface area (Å²) in [5, 5.41) is 5.84. The third-order valence-corrected chi connectivity index (χ3v) is 4.56. The number of hydrogen-bond donors (Lipinski definition) is 2. The number of methoxy groups -OCH3 is 1. The summed E-state index contributed by atoms with van der Waals surface area (Å²) in [5.74, 6) is 0.308. The molecule has 1 fully saturated rings. The van der Waals surface area contributed by atoms with Gasteiger partial charge in [0, 0.05) is 24.3 Å². The number of nitrogens with one attached hydrogen (secondary N) is 2. The normalized spacial score (nSPS) is 14.0. The summed E-state index contributed by atoms with van der Waals surface area (Å²) < 4.78 is 5.11. The predicted octanol–water partition coefficient (Wildman–Crippen LogP) is 2.69. The van der Waals surface area contributed by atoms with Crippen LogP contribution in [-0.2, 0) is 6.54 Å². The molecular formula is C20H23N3O3. The Hall–Kier alpha value is -2.89. The molecule has 2 N–H and O–H groups in total. The lowest BCUT2D eigenvalue weighted by Gasteiger charge is -2.12. The minimum Gasteiger partial charge on any atom is -0.497 e. The van der Waals surface area contributed by atoms with Crippen LogP contribution in [0, 0.1) is 0 Å². The molecule has 0 aliphatic heterocycles. The molecule has 2 amide bonds. The van der Waals surface area contributed by atoms with Crippen molar-refractivity contribution in [3.63, 3.8) is 0 Å². The van der Waals surface area contributed by atoms with Gasteiger partial charge >= 0.3 is 0 Å². The highest BCUT2D eigenvalue weighted by Gasteiger charge is 2.19. The van der Waals surface area contributed by atoms with Crippen LogP contribution in [0.3, 0.4) is 0 Å².